The third-order valence-electron chi connectivity index (χ3n) is 3.11. The molecule has 0 aliphatic heterocycles. The van der Waals surface area contributed by atoms with Gasteiger partial charge in [0, 0.05) is 12.1 Å². The van der Waals surface area contributed by atoms with E-state index in [1.165, 1.54) is 6.08 Å². The van der Waals surface area contributed by atoms with Gasteiger partial charge < -0.3 is 19.1 Å². The summed E-state index contributed by atoms with van der Waals surface area (Å²) in [7, 11) is -3.82. The number of ether oxygens (including phenoxy) is 1. The average molecular weight is 304 g/mol. The van der Waals surface area contributed by atoms with Crippen LogP contribution in [-0.2, 0) is 9.53 Å². The van der Waals surface area contributed by atoms with Crippen molar-refractivity contribution in [3.63, 3.8) is 0 Å². The SMILES string of the molecule is C=CC(=O)OC(C)CCCCCCCCC[Si](O)(O)O. The molecule has 0 aliphatic rings. The zero-order chi connectivity index (χ0) is 15.4. The Morgan fingerprint density at radius 2 is 1.60 bits per heavy atom. The fraction of sp³-hybridized carbons (Fsp3) is 0.786. The highest BCUT2D eigenvalue weighted by atomic mass is 28.4. The number of unbranched alkanes of at least 4 members (excludes halogenated alkanes) is 6. The predicted octanol–water partition coefficient (Wildman–Crippen LogP) is 2.14. The molecular formula is C14H28O5Si. The molecule has 5 nitrogen and oxygen atoms in total. The molecule has 1 unspecified atom stereocenters. The number of hydrogen-bond donors (Lipinski definition) is 3. The first-order valence-electron chi connectivity index (χ1n) is 7.35. The van der Waals surface area contributed by atoms with Gasteiger partial charge in [-0.15, -0.1) is 0 Å². The van der Waals surface area contributed by atoms with E-state index in [1.54, 1.807) is 0 Å². The van der Waals surface area contributed by atoms with Crippen LogP contribution in [0.15, 0.2) is 12.7 Å². The zero-order valence-electron chi connectivity index (χ0n) is 12.4. The van der Waals surface area contributed by atoms with Crippen molar-refractivity contribution in [2.75, 3.05) is 0 Å². The maximum Gasteiger partial charge on any atom is 0.492 e. The molecule has 0 aliphatic carbocycles. The maximum atomic E-state index is 10.9. The van der Waals surface area contributed by atoms with Gasteiger partial charge in [0.15, 0.2) is 0 Å². The molecule has 20 heavy (non-hydrogen) atoms. The number of esters is 1. The summed E-state index contributed by atoms with van der Waals surface area (Å²) in [6.45, 7) is 5.24. The lowest BCUT2D eigenvalue weighted by Gasteiger charge is -2.11. The Hall–Kier alpha value is -0.693. The van der Waals surface area contributed by atoms with Gasteiger partial charge in [-0.2, -0.15) is 0 Å². The van der Waals surface area contributed by atoms with E-state index in [2.05, 4.69) is 6.58 Å². The van der Waals surface area contributed by atoms with Crippen LogP contribution in [0.1, 0.15) is 58.3 Å². The molecule has 0 bridgehead atoms. The molecule has 0 amide bonds. The molecule has 0 saturated carbocycles. The van der Waals surface area contributed by atoms with E-state index < -0.39 is 8.80 Å². The first kappa shape index (κ1) is 19.3. The summed E-state index contributed by atoms with van der Waals surface area (Å²) in [5.41, 5.74) is 0. The fourth-order valence-corrected chi connectivity index (χ4v) is 2.71. The van der Waals surface area contributed by atoms with Crippen molar-refractivity contribution in [3.8, 4) is 0 Å². The first-order chi connectivity index (χ1) is 9.35. The minimum Gasteiger partial charge on any atom is -0.460 e. The Balaban J connectivity index is 3.28. The largest absolute Gasteiger partial charge is 0.492 e. The van der Waals surface area contributed by atoms with Crippen LogP contribution in [0.2, 0.25) is 6.04 Å². The Kier molecular flexibility index (Phi) is 10.6. The third kappa shape index (κ3) is 13.7. The monoisotopic (exact) mass is 304 g/mol. The molecule has 0 spiro atoms. The molecule has 0 aromatic heterocycles. The Labute approximate surface area is 122 Å². The average Bonchev–Trinajstić information content (AvgIpc) is 2.35. The Bertz CT molecular complexity index is 275. The van der Waals surface area contributed by atoms with Crippen molar-refractivity contribution in [1.29, 1.82) is 0 Å². The summed E-state index contributed by atoms with van der Waals surface area (Å²) in [5.74, 6) is -0.367. The van der Waals surface area contributed by atoms with E-state index in [-0.39, 0.29) is 18.1 Å². The normalized spacial score (nSPS) is 13.0. The molecule has 1 atom stereocenters. The topological polar surface area (TPSA) is 87.0 Å². The Morgan fingerprint density at radius 1 is 1.10 bits per heavy atom. The fourth-order valence-electron chi connectivity index (χ4n) is 1.98. The van der Waals surface area contributed by atoms with E-state index in [4.69, 9.17) is 19.1 Å². The van der Waals surface area contributed by atoms with Crippen LogP contribution in [0.3, 0.4) is 0 Å². The molecular weight excluding hydrogens is 276 g/mol. The summed E-state index contributed by atoms with van der Waals surface area (Å²) in [5, 5.41) is 0. The molecule has 118 valence electrons. The molecule has 3 N–H and O–H groups in total. The van der Waals surface area contributed by atoms with Crippen LogP contribution in [0.4, 0.5) is 0 Å². The van der Waals surface area contributed by atoms with Crippen LogP contribution in [0.5, 0.6) is 0 Å². The summed E-state index contributed by atoms with van der Waals surface area (Å²) >= 11 is 0. The van der Waals surface area contributed by atoms with Gasteiger partial charge in [0.1, 0.15) is 0 Å². The third-order valence-corrected chi connectivity index (χ3v) is 4.13. The van der Waals surface area contributed by atoms with Crippen molar-refractivity contribution in [2.45, 2.75) is 70.4 Å². The van der Waals surface area contributed by atoms with Crippen molar-refractivity contribution in [2.24, 2.45) is 0 Å². The quantitative estimate of drug-likeness (QED) is 0.222. The second-order valence-electron chi connectivity index (χ2n) is 5.24. The Morgan fingerprint density at radius 3 is 2.10 bits per heavy atom. The molecule has 0 saturated heterocycles. The standard InChI is InChI=1S/C14H28O5Si/c1-3-14(15)19-13(2)11-9-7-5-4-6-8-10-12-20(16,17)18/h3,13,16-18H,1,4-12H2,2H3. The highest BCUT2D eigenvalue weighted by Crippen LogP contribution is 2.13. The molecule has 0 aromatic carbocycles. The first-order valence-corrected chi connectivity index (χ1v) is 9.40. The van der Waals surface area contributed by atoms with E-state index in [9.17, 15) is 4.79 Å². The number of carbonyl (C=O) groups excluding carboxylic acids is 1. The molecule has 0 aromatic rings. The smallest absolute Gasteiger partial charge is 0.460 e. The van der Waals surface area contributed by atoms with Crippen molar-refractivity contribution in [3.05, 3.63) is 12.7 Å². The highest BCUT2D eigenvalue weighted by molar-refractivity contribution is 6.56. The summed E-state index contributed by atoms with van der Waals surface area (Å²) < 4.78 is 5.07. The van der Waals surface area contributed by atoms with Crippen LogP contribution in [0.25, 0.3) is 0 Å². The van der Waals surface area contributed by atoms with Crippen LogP contribution in [-0.4, -0.2) is 35.3 Å². The number of rotatable bonds is 12. The summed E-state index contributed by atoms with van der Waals surface area (Å²) in [4.78, 5) is 37.4. The molecule has 0 fully saturated rings. The van der Waals surface area contributed by atoms with Crippen molar-refractivity contribution < 1.29 is 23.9 Å². The van der Waals surface area contributed by atoms with Gasteiger partial charge >= 0.3 is 14.8 Å². The minimum atomic E-state index is -3.82. The van der Waals surface area contributed by atoms with Gasteiger partial charge in [-0.25, -0.2) is 4.79 Å². The van der Waals surface area contributed by atoms with E-state index in [1.807, 2.05) is 6.92 Å². The number of carbonyl (C=O) groups is 1. The van der Waals surface area contributed by atoms with E-state index >= 15 is 0 Å². The lowest BCUT2D eigenvalue weighted by atomic mass is 10.1. The van der Waals surface area contributed by atoms with Crippen LogP contribution >= 0.6 is 0 Å². The van der Waals surface area contributed by atoms with Gasteiger partial charge in [0.25, 0.3) is 0 Å². The van der Waals surface area contributed by atoms with Gasteiger partial charge in [-0.3, -0.25) is 0 Å². The molecule has 0 rings (SSSR count). The van der Waals surface area contributed by atoms with Gasteiger partial charge in [-0.1, -0.05) is 38.7 Å². The lowest BCUT2D eigenvalue weighted by molar-refractivity contribution is -0.142. The second-order valence-corrected chi connectivity index (χ2v) is 7.29. The minimum absolute atomic E-state index is 0.0581. The van der Waals surface area contributed by atoms with E-state index in [0.717, 1.165) is 44.9 Å². The predicted molar refractivity (Wildman–Crippen MR) is 79.9 cm³/mol. The molecule has 0 radical (unpaired) electrons. The molecule has 0 heterocycles. The van der Waals surface area contributed by atoms with Crippen LogP contribution < -0.4 is 0 Å². The van der Waals surface area contributed by atoms with Gasteiger partial charge in [0.2, 0.25) is 0 Å². The number of hydrogen-bond acceptors (Lipinski definition) is 5. The van der Waals surface area contributed by atoms with Crippen LogP contribution in [0, 0.1) is 0 Å². The highest BCUT2D eigenvalue weighted by Gasteiger charge is 2.25. The summed E-state index contributed by atoms with van der Waals surface area (Å²) in [6.07, 6.45) is 9.00. The van der Waals surface area contributed by atoms with Crippen molar-refractivity contribution >= 4 is 14.8 Å². The van der Waals surface area contributed by atoms with Crippen molar-refractivity contribution in [1.82, 2.24) is 0 Å². The maximum absolute atomic E-state index is 10.9. The lowest BCUT2D eigenvalue weighted by Crippen LogP contribution is -2.33. The summed E-state index contributed by atoms with van der Waals surface area (Å²) in [6, 6.07) is 0.138. The second kappa shape index (κ2) is 11.0. The van der Waals surface area contributed by atoms with Gasteiger partial charge in [-0.05, 0) is 26.2 Å². The van der Waals surface area contributed by atoms with Gasteiger partial charge in [0.05, 0.1) is 6.10 Å². The van der Waals surface area contributed by atoms with E-state index in [0.29, 0.717) is 6.42 Å². The molecule has 6 heteroatoms. The zero-order valence-corrected chi connectivity index (χ0v) is 13.4.